The molecule has 1 saturated carbocycles. The topological polar surface area (TPSA) is 49.8 Å². The largest absolute Gasteiger partial charge is 0.444 e. The molecule has 3 atom stereocenters. The molecule has 0 radical (unpaired) electrons. The Balaban J connectivity index is 1.99. The normalized spacial score (nSPS) is 34.0. The average molecular weight is 227 g/mol. The lowest BCUT2D eigenvalue weighted by Gasteiger charge is -2.28. The summed E-state index contributed by atoms with van der Waals surface area (Å²) in [4.78, 5) is 13.7. The minimum absolute atomic E-state index is 0.199. The SMILES string of the molecule is CC(C)(C)OC(=O)N1CC[C@H]2[C@H](O)CC[C@H]21. The van der Waals surface area contributed by atoms with E-state index < -0.39 is 5.60 Å². The molecule has 1 aliphatic heterocycles. The first-order chi connectivity index (χ1) is 7.38. The fraction of sp³-hybridized carbons (Fsp3) is 0.917. The smallest absolute Gasteiger partial charge is 0.410 e. The number of carbonyl (C=O) groups excluding carboxylic acids is 1. The molecule has 1 saturated heterocycles. The maximum Gasteiger partial charge on any atom is 0.410 e. The Labute approximate surface area is 96.6 Å². The van der Waals surface area contributed by atoms with E-state index >= 15 is 0 Å². The molecule has 4 nitrogen and oxygen atoms in total. The van der Waals surface area contributed by atoms with E-state index in [4.69, 9.17) is 4.74 Å². The quantitative estimate of drug-likeness (QED) is 0.686. The first-order valence-corrected chi connectivity index (χ1v) is 6.06. The Morgan fingerprint density at radius 3 is 2.62 bits per heavy atom. The summed E-state index contributed by atoms with van der Waals surface area (Å²) in [6, 6.07) is 0.199. The third-order valence-corrected chi connectivity index (χ3v) is 3.48. The fourth-order valence-electron chi connectivity index (χ4n) is 2.80. The number of aliphatic hydroxyl groups excluding tert-OH is 1. The predicted octanol–water partition coefficient (Wildman–Crippen LogP) is 1.77. The Bertz CT molecular complexity index is 284. The van der Waals surface area contributed by atoms with Crippen molar-refractivity contribution in [2.24, 2.45) is 5.92 Å². The lowest BCUT2D eigenvalue weighted by Crippen LogP contribution is -2.40. The van der Waals surface area contributed by atoms with Gasteiger partial charge in [-0.3, -0.25) is 0 Å². The zero-order chi connectivity index (χ0) is 11.9. The standard InChI is InChI=1S/C12H21NO3/c1-12(2,3)16-11(15)13-7-6-8-9(13)4-5-10(8)14/h8-10,14H,4-7H2,1-3H3/t8-,9-,10-/m1/s1. The molecule has 16 heavy (non-hydrogen) atoms. The van der Waals surface area contributed by atoms with Gasteiger partial charge < -0.3 is 14.7 Å². The first-order valence-electron chi connectivity index (χ1n) is 6.06. The van der Waals surface area contributed by atoms with Gasteiger partial charge in [0.15, 0.2) is 0 Å². The zero-order valence-electron chi connectivity index (χ0n) is 10.3. The van der Waals surface area contributed by atoms with Crippen molar-refractivity contribution < 1.29 is 14.6 Å². The average Bonchev–Trinajstić information content (AvgIpc) is 2.66. The molecule has 92 valence electrons. The maximum absolute atomic E-state index is 11.9. The molecule has 0 bridgehead atoms. The molecule has 0 unspecified atom stereocenters. The van der Waals surface area contributed by atoms with E-state index in [9.17, 15) is 9.90 Å². The summed E-state index contributed by atoms with van der Waals surface area (Å²) in [5, 5.41) is 9.75. The van der Waals surface area contributed by atoms with Gasteiger partial charge in [0.2, 0.25) is 0 Å². The summed E-state index contributed by atoms with van der Waals surface area (Å²) in [5.41, 5.74) is -0.438. The molecule has 0 aromatic rings. The molecule has 2 fully saturated rings. The van der Waals surface area contributed by atoms with Crippen LogP contribution in [0.4, 0.5) is 4.79 Å². The van der Waals surface area contributed by atoms with E-state index in [0.29, 0.717) is 0 Å². The van der Waals surface area contributed by atoms with Crippen LogP contribution in [0.3, 0.4) is 0 Å². The second kappa shape index (κ2) is 3.91. The minimum Gasteiger partial charge on any atom is -0.444 e. The molecule has 0 aromatic heterocycles. The molecule has 1 heterocycles. The van der Waals surface area contributed by atoms with Gasteiger partial charge in [0.25, 0.3) is 0 Å². The van der Waals surface area contributed by atoms with E-state index in [0.717, 1.165) is 25.8 Å². The summed E-state index contributed by atoms with van der Waals surface area (Å²) in [6.07, 6.45) is 2.18. The van der Waals surface area contributed by atoms with Crippen LogP contribution in [0.1, 0.15) is 40.0 Å². The van der Waals surface area contributed by atoms with Crippen molar-refractivity contribution in [3.63, 3.8) is 0 Å². The number of hydrogen-bond donors (Lipinski definition) is 1. The van der Waals surface area contributed by atoms with Crippen LogP contribution in [-0.2, 0) is 4.74 Å². The van der Waals surface area contributed by atoms with Gasteiger partial charge in [-0.1, -0.05) is 0 Å². The number of nitrogens with zero attached hydrogens (tertiary/aromatic N) is 1. The molecule has 0 spiro atoms. The van der Waals surface area contributed by atoms with Gasteiger partial charge in [0, 0.05) is 18.5 Å². The molecule has 1 N–H and O–H groups in total. The highest BCUT2D eigenvalue weighted by Gasteiger charge is 2.45. The number of carbonyl (C=O) groups is 1. The van der Waals surface area contributed by atoms with E-state index in [1.54, 1.807) is 4.90 Å². The van der Waals surface area contributed by atoms with Gasteiger partial charge in [-0.05, 0) is 40.0 Å². The molecule has 0 aromatic carbocycles. The van der Waals surface area contributed by atoms with Crippen LogP contribution in [0.15, 0.2) is 0 Å². The van der Waals surface area contributed by atoms with Crippen LogP contribution < -0.4 is 0 Å². The first kappa shape index (κ1) is 11.7. The lowest BCUT2D eigenvalue weighted by molar-refractivity contribution is 0.0211. The number of likely N-dealkylation sites (tertiary alicyclic amines) is 1. The van der Waals surface area contributed by atoms with Crippen molar-refractivity contribution in [1.29, 1.82) is 0 Å². The van der Waals surface area contributed by atoms with Gasteiger partial charge in [-0.2, -0.15) is 0 Å². The van der Waals surface area contributed by atoms with Gasteiger partial charge in [-0.25, -0.2) is 4.79 Å². The van der Waals surface area contributed by atoms with Gasteiger partial charge in [0.1, 0.15) is 5.60 Å². The van der Waals surface area contributed by atoms with Gasteiger partial charge >= 0.3 is 6.09 Å². The number of rotatable bonds is 0. The van der Waals surface area contributed by atoms with E-state index in [1.807, 2.05) is 20.8 Å². The van der Waals surface area contributed by atoms with Crippen LogP contribution in [0, 0.1) is 5.92 Å². The molecule has 2 aliphatic rings. The summed E-state index contributed by atoms with van der Waals surface area (Å²) < 4.78 is 5.37. The minimum atomic E-state index is -0.438. The molecule has 1 aliphatic carbocycles. The van der Waals surface area contributed by atoms with Crippen LogP contribution in [0.2, 0.25) is 0 Å². The molecular weight excluding hydrogens is 206 g/mol. The number of hydrogen-bond acceptors (Lipinski definition) is 3. The van der Waals surface area contributed by atoms with Crippen LogP contribution in [-0.4, -0.2) is 40.4 Å². The van der Waals surface area contributed by atoms with Crippen molar-refractivity contribution in [3.8, 4) is 0 Å². The zero-order valence-corrected chi connectivity index (χ0v) is 10.3. The van der Waals surface area contributed by atoms with Crippen molar-refractivity contribution in [3.05, 3.63) is 0 Å². The molecule has 2 rings (SSSR count). The summed E-state index contributed by atoms with van der Waals surface area (Å²) in [7, 11) is 0. The third-order valence-electron chi connectivity index (χ3n) is 3.48. The Hall–Kier alpha value is -0.770. The fourth-order valence-corrected chi connectivity index (χ4v) is 2.80. The Morgan fingerprint density at radius 1 is 1.31 bits per heavy atom. The van der Waals surface area contributed by atoms with Gasteiger partial charge in [0.05, 0.1) is 6.10 Å². The summed E-state index contributed by atoms with van der Waals surface area (Å²) in [5.74, 6) is 0.271. The number of fused-ring (bicyclic) bond motifs is 1. The van der Waals surface area contributed by atoms with Crippen LogP contribution in [0.5, 0.6) is 0 Å². The van der Waals surface area contributed by atoms with Crippen molar-refractivity contribution in [1.82, 2.24) is 4.90 Å². The van der Waals surface area contributed by atoms with E-state index in [-0.39, 0.29) is 24.2 Å². The number of aliphatic hydroxyl groups is 1. The van der Waals surface area contributed by atoms with Crippen molar-refractivity contribution >= 4 is 6.09 Å². The molecular formula is C12H21NO3. The number of ether oxygens (including phenoxy) is 1. The van der Waals surface area contributed by atoms with Crippen molar-refractivity contribution in [2.45, 2.75) is 57.8 Å². The Kier molecular flexibility index (Phi) is 2.86. The molecule has 1 amide bonds. The van der Waals surface area contributed by atoms with E-state index in [1.165, 1.54) is 0 Å². The summed E-state index contributed by atoms with van der Waals surface area (Å²) in [6.45, 7) is 6.35. The third kappa shape index (κ3) is 2.17. The van der Waals surface area contributed by atoms with Gasteiger partial charge in [-0.15, -0.1) is 0 Å². The van der Waals surface area contributed by atoms with Crippen LogP contribution in [0.25, 0.3) is 0 Å². The lowest BCUT2D eigenvalue weighted by atomic mass is 10.0. The second-order valence-electron chi connectivity index (χ2n) is 5.84. The maximum atomic E-state index is 11.9. The van der Waals surface area contributed by atoms with Crippen LogP contribution >= 0.6 is 0 Å². The summed E-state index contributed by atoms with van der Waals surface area (Å²) >= 11 is 0. The monoisotopic (exact) mass is 227 g/mol. The predicted molar refractivity (Wildman–Crippen MR) is 60.1 cm³/mol. The highest BCUT2D eigenvalue weighted by molar-refractivity contribution is 5.69. The van der Waals surface area contributed by atoms with E-state index in [2.05, 4.69) is 0 Å². The molecule has 4 heteroatoms. The number of amides is 1. The van der Waals surface area contributed by atoms with Crippen molar-refractivity contribution in [2.75, 3.05) is 6.54 Å². The highest BCUT2D eigenvalue weighted by atomic mass is 16.6. The Morgan fingerprint density at radius 2 is 2.00 bits per heavy atom. The second-order valence-corrected chi connectivity index (χ2v) is 5.84. The highest BCUT2D eigenvalue weighted by Crippen LogP contribution is 2.38.